The van der Waals surface area contributed by atoms with E-state index in [9.17, 15) is 10.2 Å². The molecule has 96 valence electrons. The topological polar surface area (TPSA) is 52.9 Å². The molecule has 1 aliphatic rings. The van der Waals surface area contributed by atoms with Crippen molar-refractivity contribution >= 4 is 0 Å². The monoisotopic (exact) mass is 231 g/mol. The second-order valence-corrected chi connectivity index (χ2v) is 5.70. The van der Waals surface area contributed by atoms with E-state index in [2.05, 4.69) is 4.90 Å². The van der Waals surface area contributed by atoms with E-state index in [1.807, 2.05) is 27.7 Å². The van der Waals surface area contributed by atoms with Crippen LogP contribution >= 0.6 is 0 Å². The van der Waals surface area contributed by atoms with Crippen molar-refractivity contribution in [3.63, 3.8) is 0 Å². The molecule has 1 fully saturated rings. The van der Waals surface area contributed by atoms with E-state index in [-0.39, 0.29) is 18.3 Å². The average Bonchev–Trinajstić information content (AvgIpc) is 2.14. The van der Waals surface area contributed by atoms with Crippen molar-refractivity contribution in [3.05, 3.63) is 0 Å². The number of ether oxygens (including phenoxy) is 1. The zero-order valence-corrected chi connectivity index (χ0v) is 10.9. The number of aliphatic hydroxyl groups excluding tert-OH is 1. The van der Waals surface area contributed by atoms with Gasteiger partial charge in [0, 0.05) is 19.6 Å². The molecule has 0 aromatic heterocycles. The molecular formula is C12H25NO3. The average molecular weight is 231 g/mol. The maximum Gasteiger partial charge on any atom is 0.0940 e. The minimum Gasteiger partial charge on any atom is -0.394 e. The summed E-state index contributed by atoms with van der Waals surface area (Å²) >= 11 is 0. The molecule has 0 amide bonds. The summed E-state index contributed by atoms with van der Waals surface area (Å²) in [6.07, 6.45) is 0.589. The summed E-state index contributed by atoms with van der Waals surface area (Å²) in [4.78, 5) is 2.17. The highest BCUT2D eigenvalue weighted by molar-refractivity contribution is 4.87. The lowest BCUT2D eigenvalue weighted by Gasteiger charge is -2.44. The first-order valence-electron chi connectivity index (χ1n) is 6.01. The van der Waals surface area contributed by atoms with Gasteiger partial charge in [0.15, 0.2) is 0 Å². The number of β-amino-alcohol motifs (C(OH)–C–C–N with tert-alkyl or cyclic N) is 1. The van der Waals surface area contributed by atoms with Crippen molar-refractivity contribution < 1.29 is 14.9 Å². The lowest BCUT2D eigenvalue weighted by Crippen LogP contribution is -2.56. The Hall–Kier alpha value is -0.160. The quantitative estimate of drug-likeness (QED) is 0.745. The molecule has 1 heterocycles. The predicted molar refractivity (Wildman–Crippen MR) is 63.4 cm³/mol. The summed E-state index contributed by atoms with van der Waals surface area (Å²) in [7, 11) is 0. The standard InChI is InChI=1S/C12H25NO3/c1-5-12(4,15)9-13-6-10(7-14)16-11(2,3)8-13/h10,14-15H,5-9H2,1-4H3. The number of morpholine rings is 1. The van der Waals surface area contributed by atoms with Gasteiger partial charge in [-0.1, -0.05) is 6.92 Å². The Morgan fingerprint density at radius 2 is 2.12 bits per heavy atom. The van der Waals surface area contributed by atoms with Gasteiger partial charge in [0.05, 0.1) is 23.9 Å². The van der Waals surface area contributed by atoms with Crippen LogP contribution in [-0.4, -0.2) is 58.7 Å². The summed E-state index contributed by atoms with van der Waals surface area (Å²) in [6, 6.07) is 0. The largest absolute Gasteiger partial charge is 0.394 e. The highest BCUT2D eigenvalue weighted by atomic mass is 16.5. The van der Waals surface area contributed by atoms with Gasteiger partial charge in [-0.15, -0.1) is 0 Å². The van der Waals surface area contributed by atoms with E-state index in [0.29, 0.717) is 13.1 Å². The van der Waals surface area contributed by atoms with E-state index in [1.165, 1.54) is 0 Å². The molecule has 0 aliphatic carbocycles. The van der Waals surface area contributed by atoms with Crippen molar-refractivity contribution in [1.29, 1.82) is 0 Å². The van der Waals surface area contributed by atoms with Crippen LogP contribution in [0.5, 0.6) is 0 Å². The second-order valence-electron chi connectivity index (χ2n) is 5.70. The van der Waals surface area contributed by atoms with Crippen LogP contribution in [0.15, 0.2) is 0 Å². The summed E-state index contributed by atoms with van der Waals surface area (Å²) in [5.74, 6) is 0. The van der Waals surface area contributed by atoms with Crippen LogP contribution in [0.3, 0.4) is 0 Å². The van der Waals surface area contributed by atoms with Crippen LogP contribution in [0.4, 0.5) is 0 Å². The number of hydrogen-bond donors (Lipinski definition) is 2. The molecule has 1 saturated heterocycles. The molecule has 1 rings (SSSR count). The minimum atomic E-state index is -0.659. The third-order valence-electron chi connectivity index (χ3n) is 3.08. The van der Waals surface area contributed by atoms with Gasteiger partial charge in [-0.3, -0.25) is 4.90 Å². The van der Waals surface area contributed by atoms with Gasteiger partial charge < -0.3 is 14.9 Å². The SMILES string of the molecule is CCC(C)(O)CN1CC(CO)OC(C)(C)C1. The molecule has 0 saturated carbocycles. The normalized spacial score (nSPS) is 30.0. The molecule has 0 spiro atoms. The van der Waals surface area contributed by atoms with Crippen LogP contribution in [0.25, 0.3) is 0 Å². The molecule has 2 N–H and O–H groups in total. The highest BCUT2D eigenvalue weighted by Gasteiger charge is 2.35. The lowest BCUT2D eigenvalue weighted by molar-refractivity contribution is -0.158. The second kappa shape index (κ2) is 5.00. The zero-order chi connectivity index (χ0) is 12.4. The van der Waals surface area contributed by atoms with Gasteiger partial charge in [0.25, 0.3) is 0 Å². The fraction of sp³-hybridized carbons (Fsp3) is 1.00. The highest BCUT2D eigenvalue weighted by Crippen LogP contribution is 2.23. The first-order valence-corrected chi connectivity index (χ1v) is 6.01. The summed E-state index contributed by atoms with van der Waals surface area (Å²) in [5, 5.41) is 19.2. The van der Waals surface area contributed by atoms with Crippen molar-refractivity contribution in [1.82, 2.24) is 4.90 Å². The number of hydrogen-bond acceptors (Lipinski definition) is 4. The van der Waals surface area contributed by atoms with E-state index in [0.717, 1.165) is 13.0 Å². The molecule has 0 radical (unpaired) electrons. The lowest BCUT2D eigenvalue weighted by atomic mass is 9.99. The molecule has 0 bridgehead atoms. The maximum atomic E-state index is 10.1. The first kappa shape index (κ1) is 13.9. The smallest absolute Gasteiger partial charge is 0.0940 e. The fourth-order valence-corrected chi connectivity index (χ4v) is 2.23. The number of nitrogens with zero attached hydrogens (tertiary/aromatic N) is 1. The van der Waals surface area contributed by atoms with Gasteiger partial charge in [-0.05, 0) is 27.2 Å². The van der Waals surface area contributed by atoms with Crippen LogP contribution in [0.2, 0.25) is 0 Å². The Bertz CT molecular complexity index is 228. The third-order valence-corrected chi connectivity index (χ3v) is 3.08. The molecule has 0 aromatic rings. The first-order chi connectivity index (χ1) is 7.28. The molecule has 1 aliphatic heterocycles. The van der Waals surface area contributed by atoms with Crippen molar-refractivity contribution in [2.24, 2.45) is 0 Å². The zero-order valence-electron chi connectivity index (χ0n) is 10.9. The van der Waals surface area contributed by atoms with Gasteiger partial charge in [-0.25, -0.2) is 0 Å². The molecular weight excluding hydrogens is 206 g/mol. The molecule has 4 nitrogen and oxygen atoms in total. The Morgan fingerprint density at radius 3 is 2.62 bits per heavy atom. The van der Waals surface area contributed by atoms with Gasteiger partial charge in [-0.2, -0.15) is 0 Å². The van der Waals surface area contributed by atoms with Crippen molar-refractivity contribution in [3.8, 4) is 0 Å². The van der Waals surface area contributed by atoms with Crippen molar-refractivity contribution in [2.45, 2.75) is 51.4 Å². The van der Waals surface area contributed by atoms with E-state index >= 15 is 0 Å². The van der Waals surface area contributed by atoms with Gasteiger partial charge >= 0.3 is 0 Å². The predicted octanol–water partition coefficient (Wildman–Crippen LogP) is 0.619. The Labute approximate surface area is 98.2 Å². The van der Waals surface area contributed by atoms with E-state index in [1.54, 1.807) is 0 Å². The minimum absolute atomic E-state index is 0.0359. The fourth-order valence-electron chi connectivity index (χ4n) is 2.23. The Kier molecular flexibility index (Phi) is 4.35. The molecule has 16 heavy (non-hydrogen) atoms. The van der Waals surface area contributed by atoms with Crippen LogP contribution in [0.1, 0.15) is 34.1 Å². The molecule has 0 aromatic carbocycles. The number of aliphatic hydroxyl groups is 2. The molecule has 2 atom stereocenters. The van der Waals surface area contributed by atoms with E-state index in [4.69, 9.17) is 4.74 Å². The van der Waals surface area contributed by atoms with Crippen LogP contribution in [0, 0.1) is 0 Å². The Balaban J connectivity index is 2.60. The van der Waals surface area contributed by atoms with E-state index < -0.39 is 5.60 Å². The summed E-state index contributed by atoms with van der Waals surface area (Å²) < 4.78 is 5.73. The maximum absolute atomic E-state index is 10.1. The van der Waals surface area contributed by atoms with Gasteiger partial charge in [0.1, 0.15) is 0 Å². The van der Waals surface area contributed by atoms with Crippen LogP contribution in [-0.2, 0) is 4.74 Å². The molecule has 4 heteroatoms. The van der Waals surface area contributed by atoms with Crippen molar-refractivity contribution in [2.75, 3.05) is 26.2 Å². The van der Waals surface area contributed by atoms with Gasteiger partial charge in [0.2, 0.25) is 0 Å². The summed E-state index contributed by atoms with van der Waals surface area (Å²) in [6.45, 7) is 10.0. The number of rotatable bonds is 4. The van der Waals surface area contributed by atoms with Crippen LogP contribution < -0.4 is 0 Å². The summed E-state index contributed by atoms with van der Waals surface area (Å²) in [5.41, 5.74) is -0.914. The third kappa shape index (κ3) is 4.01. The Morgan fingerprint density at radius 1 is 1.50 bits per heavy atom. The molecule has 2 unspecified atom stereocenters.